The lowest BCUT2D eigenvalue weighted by Crippen LogP contribution is -2.41. The lowest BCUT2D eigenvalue weighted by atomic mass is 9.77. The van der Waals surface area contributed by atoms with Crippen LogP contribution in [0.2, 0.25) is 0 Å². The molecule has 0 radical (unpaired) electrons. The van der Waals surface area contributed by atoms with Crippen molar-refractivity contribution in [2.45, 2.75) is 25.2 Å². The summed E-state index contributed by atoms with van der Waals surface area (Å²) < 4.78 is 35.2. The van der Waals surface area contributed by atoms with Gasteiger partial charge in [-0.05, 0) is 6.42 Å². The van der Waals surface area contributed by atoms with Crippen molar-refractivity contribution < 1.29 is 27.8 Å². The highest BCUT2D eigenvalue weighted by molar-refractivity contribution is 5.82. The molecule has 0 aromatic rings. The van der Waals surface area contributed by atoms with Crippen LogP contribution in [-0.2, 0) is 19.1 Å². The monoisotopic (exact) mass is 236 g/mol. The van der Waals surface area contributed by atoms with Gasteiger partial charge in [-0.15, -0.1) is 0 Å². The van der Waals surface area contributed by atoms with Gasteiger partial charge in [0.2, 0.25) is 5.92 Å². The molecular formula is C10H14F2O4. The van der Waals surface area contributed by atoms with E-state index in [1.807, 2.05) is 0 Å². The second-order valence-electron chi connectivity index (χ2n) is 3.86. The molecule has 0 aliphatic heterocycles. The molecule has 0 spiro atoms. The molecule has 0 aromatic heterocycles. The minimum Gasteiger partial charge on any atom is -0.469 e. The molecular weight excluding hydrogens is 222 g/mol. The van der Waals surface area contributed by atoms with Crippen LogP contribution >= 0.6 is 0 Å². The Balaban J connectivity index is 2.84. The van der Waals surface area contributed by atoms with E-state index in [4.69, 9.17) is 0 Å². The van der Waals surface area contributed by atoms with E-state index in [2.05, 4.69) is 9.47 Å². The van der Waals surface area contributed by atoms with Crippen LogP contribution in [0.5, 0.6) is 0 Å². The van der Waals surface area contributed by atoms with Crippen LogP contribution in [-0.4, -0.2) is 32.1 Å². The SMILES string of the molecule is COC(=O)[C@H]1CCC(F)(F)C[C@@H]1C(=O)OC. The van der Waals surface area contributed by atoms with Crippen LogP contribution in [0, 0.1) is 11.8 Å². The zero-order valence-corrected chi connectivity index (χ0v) is 9.16. The molecule has 1 aliphatic rings. The van der Waals surface area contributed by atoms with Crippen LogP contribution in [0.25, 0.3) is 0 Å². The van der Waals surface area contributed by atoms with E-state index in [1.165, 1.54) is 7.11 Å². The van der Waals surface area contributed by atoms with Gasteiger partial charge in [0.15, 0.2) is 0 Å². The summed E-state index contributed by atoms with van der Waals surface area (Å²) in [4.78, 5) is 22.7. The first-order chi connectivity index (χ1) is 7.41. The van der Waals surface area contributed by atoms with E-state index < -0.39 is 42.5 Å². The molecule has 0 bridgehead atoms. The van der Waals surface area contributed by atoms with Gasteiger partial charge in [-0.1, -0.05) is 0 Å². The number of alkyl halides is 2. The summed E-state index contributed by atoms with van der Waals surface area (Å²) in [5, 5.41) is 0. The Morgan fingerprint density at radius 2 is 1.62 bits per heavy atom. The van der Waals surface area contributed by atoms with Gasteiger partial charge in [0.25, 0.3) is 0 Å². The van der Waals surface area contributed by atoms with E-state index in [-0.39, 0.29) is 6.42 Å². The lowest BCUT2D eigenvalue weighted by Gasteiger charge is -2.32. The highest BCUT2D eigenvalue weighted by Gasteiger charge is 2.48. The molecule has 2 atom stereocenters. The number of rotatable bonds is 2. The third kappa shape index (κ3) is 2.68. The average Bonchev–Trinajstić information content (AvgIpc) is 2.25. The van der Waals surface area contributed by atoms with Crippen molar-refractivity contribution in [2.75, 3.05) is 14.2 Å². The number of halogens is 2. The third-order valence-electron chi connectivity index (χ3n) is 2.83. The fraction of sp³-hybridized carbons (Fsp3) is 0.800. The zero-order valence-electron chi connectivity index (χ0n) is 9.16. The summed E-state index contributed by atoms with van der Waals surface area (Å²) in [6.45, 7) is 0. The Kier molecular flexibility index (Phi) is 3.83. The molecule has 0 unspecified atom stereocenters. The molecule has 4 nitrogen and oxygen atoms in total. The molecule has 0 saturated heterocycles. The second kappa shape index (κ2) is 4.76. The van der Waals surface area contributed by atoms with Gasteiger partial charge in [-0.3, -0.25) is 9.59 Å². The van der Waals surface area contributed by atoms with Gasteiger partial charge in [0, 0.05) is 12.8 Å². The van der Waals surface area contributed by atoms with Crippen molar-refractivity contribution in [3.05, 3.63) is 0 Å². The molecule has 0 N–H and O–H groups in total. The second-order valence-corrected chi connectivity index (χ2v) is 3.86. The highest BCUT2D eigenvalue weighted by Crippen LogP contribution is 2.41. The van der Waals surface area contributed by atoms with Gasteiger partial charge < -0.3 is 9.47 Å². The van der Waals surface area contributed by atoms with E-state index in [9.17, 15) is 18.4 Å². The first-order valence-corrected chi connectivity index (χ1v) is 4.95. The Morgan fingerprint density at radius 1 is 1.12 bits per heavy atom. The number of ether oxygens (including phenoxy) is 2. The molecule has 1 saturated carbocycles. The van der Waals surface area contributed by atoms with Gasteiger partial charge >= 0.3 is 11.9 Å². The summed E-state index contributed by atoms with van der Waals surface area (Å²) in [5.41, 5.74) is 0. The van der Waals surface area contributed by atoms with Crippen molar-refractivity contribution in [1.29, 1.82) is 0 Å². The molecule has 92 valence electrons. The molecule has 0 heterocycles. The van der Waals surface area contributed by atoms with Gasteiger partial charge in [0.05, 0.1) is 26.1 Å². The predicted molar refractivity (Wildman–Crippen MR) is 49.8 cm³/mol. The maximum atomic E-state index is 13.1. The number of carbonyl (C=O) groups excluding carboxylic acids is 2. The maximum Gasteiger partial charge on any atom is 0.309 e. The Hall–Kier alpha value is -1.20. The highest BCUT2D eigenvalue weighted by atomic mass is 19.3. The van der Waals surface area contributed by atoms with E-state index >= 15 is 0 Å². The Morgan fingerprint density at radius 3 is 2.12 bits per heavy atom. The molecule has 1 rings (SSSR count). The molecule has 1 aliphatic carbocycles. The zero-order chi connectivity index (χ0) is 12.3. The minimum atomic E-state index is -2.91. The fourth-order valence-electron chi connectivity index (χ4n) is 1.97. The van der Waals surface area contributed by atoms with Crippen LogP contribution in [0.3, 0.4) is 0 Å². The molecule has 1 fully saturated rings. The summed E-state index contributed by atoms with van der Waals surface area (Å²) in [6.07, 6.45) is -1.11. The van der Waals surface area contributed by atoms with Gasteiger partial charge in [-0.25, -0.2) is 8.78 Å². The van der Waals surface area contributed by atoms with E-state index in [1.54, 1.807) is 0 Å². The number of hydrogen-bond acceptors (Lipinski definition) is 4. The quantitative estimate of drug-likeness (QED) is 0.680. The number of carbonyl (C=O) groups is 2. The first-order valence-electron chi connectivity index (χ1n) is 4.95. The van der Waals surface area contributed by atoms with Crippen LogP contribution in [0.1, 0.15) is 19.3 Å². The third-order valence-corrected chi connectivity index (χ3v) is 2.83. The minimum absolute atomic E-state index is 0.0561. The van der Waals surface area contributed by atoms with Crippen molar-refractivity contribution in [3.63, 3.8) is 0 Å². The molecule has 6 heteroatoms. The average molecular weight is 236 g/mol. The normalized spacial score (nSPS) is 28.2. The Labute approximate surface area is 91.9 Å². The van der Waals surface area contributed by atoms with Gasteiger partial charge in [0.1, 0.15) is 0 Å². The molecule has 0 aromatic carbocycles. The fourth-order valence-corrected chi connectivity index (χ4v) is 1.97. The standard InChI is InChI=1S/C10H14F2O4/c1-15-8(13)6-3-4-10(11,12)5-7(6)9(14)16-2/h6-7H,3-5H2,1-2H3/t6-,7-/m0/s1. The maximum absolute atomic E-state index is 13.1. The number of hydrogen-bond donors (Lipinski definition) is 0. The number of methoxy groups -OCH3 is 2. The van der Waals surface area contributed by atoms with Crippen LogP contribution in [0.15, 0.2) is 0 Å². The summed E-state index contributed by atoms with van der Waals surface area (Å²) in [5.74, 6) is -6.26. The van der Waals surface area contributed by atoms with Crippen molar-refractivity contribution in [2.24, 2.45) is 11.8 Å². The van der Waals surface area contributed by atoms with E-state index in [0.29, 0.717) is 0 Å². The largest absolute Gasteiger partial charge is 0.469 e. The number of esters is 2. The van der Waals surface area contributed by atoms with E-state index in [0.717, 1.165) is 7.11 Å². The van der Waals surface area contributed by atoms with Crippen molar-refractivity contribution >= 4 is 11.9 Å². The first kappa shape index (κ1) is 12.9. The molecule has 0 amide bonds. The Bertz CT molecular complexity index is 291. The van der Waals surface area contributed by atoms with Crippen molar-refractivity contribution in [3.8, 4) is 0 Å². The smallest absolute Gasteiger partial charge is 0.309 e. The van der Waals surface area contributed by atoms with Crippen LogP contribution < -0.4 is 0 Å². The topological polar surface area (TPSA) is 52.6 Å². The van der Waals surface area contributed by atoms with Crippen molar-refractivity contribution in [1.82, 2.24) is 0 Å². The lowest BCUT2D eigenvalue weighted by molar-refractivity contribution is -0.168. The summed E-state index contributed by atoms with van der Waals surface area (Å²) in [6, 6.07) is 0. The predicted octanol–water partition coefficient (Wildman–Crippen LogP) is 1.38. The summed E-state index contributed by atoms with van der Waals surface area (Å²) >= 11 is 0. The van der Waals surface area contributed by atoms with Crippen LogP contribution in [0.4, 0.5) is 8.78 Å². The van der Waals surface area contributed by atoms with Gasteiger partial charge in [-0.2, -0.15) is 0 Å². The molecule has 16 heavy (non-hydrogen) atoms. The summed E-state index contributed by atoms with van der Waals surface area (Å²) in [7, 11) is 2.28.